The van der Waals surface area contributed by atoms with Crippen molar-refractivity contribution < 1.29 is 19.4 Å². The summed E-state index contributed by atoms with van der Waals surface area (Å²) >= 11 is 0. The van der Waals surface area contributed by atoms with Crippen molar-refractivity contribution in [1.29, 1.82) is 0 Å². The van der Waals surface area contributed by atoms with Crippen LogP contribution in [-0.2, 0) is 27.3 Å². The van der Waals surface area contributed by atoms with E-state index in [9.17, 15) is 9.59 Å². The van der Waals surface area contributed by atoms with Crippen LogP contribution < -0.4 is 0 Å². The molecule has 0 spiro atoms. The largest absolute Gasteiger partial charge is 0.481 e. The zero-order valence-corrected chi connectivity index (χ0v) is 15.4. The van der Waals surface area contributed by atoms with E-state index in [1.165, 1.54) is 5.56 Å². The lowest BCUT2D eigenvalue weighted by molar-refractivity contribution is -0.152. The molecule has 1 fully saturated rings. The van der Waals surface area contributed by atoms with Crippen molar-refractivity contribution in [1.82, 2.24) is 4.90 Å². The van der Waals surface area contributed by atoms with Crippen molar-refractivity contribution in [2.24, 2.45) is 23.7 Å². The highest BCUT2D eigenvalue weighted by molar-refractivity contribution is 5.74. The smallest absolute Gasteiger partial charge is 0.309 e. The summed E-state index contributed by atoms with van der Waals surface area (Å²) in [5.74, 6) is -0.0304. The number of carbonyl (C=O) groups excluding carboxylic acids is 1. The molecule has 1 aliphatic heterocycles. The third-order valence-corrected chi connectivity index (χ3v) is 5.52. The van der Waals surface area contributed by atoms with Crippen LogP contribution in [0.3, 0.4) is 0 Å². The van der Waals surface area contributed by atoms with Gasteiger partial charge in [0.1, 0.15) is 0 Å². The zero-order valence-electron chi connectivity index (χ0n) is 15.4. The van der Waals surface area contributed by atoms with Crippen LogP contribution in [0.1, 0.15) is 25.0 Å². The van der Waals surface area contributed by atoms with E-state index in [4.69, 9.17) is 9.84 Å². The molecule has 0 bridgehead atoms. The van der Waals surface area contributed by atoms with Crippen molar-refractivity contribution in [3.8, 4) is 0 Å². The van der Waals surface area contributed by atoms with E-state index in [1.54, 1.807) is 0 Å². The molecular formula is C21H27NO4. The SMILES string of the molecule is CCOC(=O)[C@@H]1[C@H]2CN(Cc3ccc(CC(=O)O)cc3)C[C@@H]2C=C[C@@H]1C. The second-order valence-corrected chi connectivity index (χ2v) is 7.43. The first-order chi connectivity index (χ1) is 12.5. The van der Waals surface area contributed by atoms with Gasteiger partial charge >= 0.3 is 11.9 Å². The number of hydrogen-bond donors (Lipinski definition) is 1. The molecule has 1 aromatic rings. The second kappa shape index (κ2) is 8.04. The van der Waals surface area contributed by atoms with Gasteiger partial charge in [-0.05, 0) is 35.8 Å². The number of allylic oxidation sites excluding steroid dienone is 1. The molecule has 0 saturated carbocycles. The number of likely N-dealkylation sites (tertiary alicyclic amines) is 1. The van der Waals surface area contributed by atoms with E-state index in [1.807, 2.05) is 31.2 Å². The first-order valence-corrected chi connectivity index (χ1v) is 9.34. The first-order valence-electron chi connectivity index (χ1n) is 9.34. The average Bonchev–Trinajstić information content (AvgIpc) is 2.98. The Morgan fingerprint density at radius 1 is 1.15 bits per heavy atom. The summed E-state index contributed by atoms with van der Waals surface area (Å²) in [6.45, 7) is 7.03. The maximum absolute atomic E-state index is 12.4. The minimum atomic E-state index is -0.813. The zero-order chi connectivity index (χ0) is 18.7. The molecule has 1 saturated heterocycles. The van der Waals surface area contributed by atoms with Crippen LogP contribution in [0.4, 0.5) is 0 Å². The maximum Gasteiger partial charge on any atom is 0.309 e. The highest BCUT2D eigenvalue weighted by Crippen LogP contribution is 2.40. The molecule has 1 aliphatic carbocycles. The highest BCUT2D eigenvalue weighted by atomic mass is 16.5. The fourth-order valence-corrected chi connectivity index (χ4v) is 4.31. The van der Waals surface area contributed by atoms with Gasteiger partial charge in [0, 0.05) is 19.6 Å². The van der Waals surface area contributed by atoms with E-state index >= 15 is 0 Å². The first kappa shape index (κ1) is 18.6. The van der Waals surface area contributed by atoms with Crippen molar-refractivity contribution in [3.05, 3.63) is 47.5 Å². The molecule has 0 radical (unpaired) electrons. The molecule has 1 N–H and O–H groups in total. The number of carboxylic acid groups (broad SMARTS) is 1. The Hall–Kier alpha value is -2.14. The van der Waals surface area contributed by atoms with Gasteiger partial charge in [0.15, 0.2) is 0 Å². The fourth-order valence-electron chi connectivity index (χ4n) is 4.31. The molecule has 5 nitrogen and oxygen atoms in total. The van der Waals surface area contributed by atoms with Crippen LogP contribution in [0.25, 0.3) is 0 Å². The van der Waals surface area contributed by atoms with E-state index in [-0.39, 0.29) is 24.2 Å². The van der Waals surface area contributed by atoms with Gasteiger partial charge < -0.3 is 9.84 Å². The average molecular weight is 357 g/mol. The Labute approximate surface area is 154 Å². The van der Waals surface area contributed by atoms with Crippen LogP contribution >= 0.6 is 0 Å². The van der Waals surface area contributed by atoms with Crippen molar-refractivity contribution in [2.75, 3.05) is 19.7 Å². The topological polar surface area (TPSA) is 66.8 Å². The molecule has 2 aliphatic rings. The molecule has 0 amide bonds. The molecular weight excluding hydrogens is 330 g/mol. The lowest BCUT2D eigenvalue weighted by atomic mass is 9.72. The molecule has 1 heterocycles. The van der Waals surface area contributed by atoms with E-state index in [0.29, 0.717) is 18.4 Å². The Morgan fingerprint density at radius 3 is 2.50 bits per heavy atom. The Kier molecular flexibility index (Phi) is 5.77. The second-order valence-electron chi connectivity index (χ2n) is 7.43. The molecule has 3 rings (SSSR count). The molecule has 0 aromatic heterocycles. The number of fused-ring (bicyclic) bond motifs is 1. The summed E-state index contributed by atoms with van der Waals surface area (Å²) in [5, 5.41) is 8.86. The van der Waals surface area contributed by atoms with E-state index in [2.05, 4.69) is 24.0 Å². The number of nitrogens with zero attached hydrogens (tertiary/aromatic N) is 1. The quantitative estimate of drug-likeness (QED) is 0.626. The summed E-state index contributed by atoms with van der Waals surface area (Å²) < 4.78 is 5.32. The summed E-state index contributed by atoms with van der Waals surface area (Å²) in [5.41, 5.74) is 1.98. The highest BCUT2D eigenvalue weighted by Gasteiger charge is 2.44. The van der Waals surface area contributed by atoms with Gasteiger partial charge in [0.25, 0.3) is 0 Å². The van der Waals surface area contributed by atoms with Gasteiger partial charge in [0.2, 0.25) is 0 Å². The Bertz CT molecular complexity index is 682. The van der Waals surface area contributed by atoms with Gasteiger partial charge in [-0.1, -0.05) is 43.3 Å². The standard InChI is InChI=1S/C21H27NO4/c1-3-26-21(25)20-14(2)4-9-17-12-22(13-18(17)20)11-16-7-5-15(6-8-16)10-19(23)24/h4-9,14,17-18,20H,3,10-13H2,1-2H3,(H,23,24)/t14-,17-,18-,20-/m0/s1. The number of esters is 1. The molecule has 5 heteroatoms. The van der Waals surface area contributed by atoms with E-state index in [0.717, 1.165) is 25.2 Å². The lowest BCUT2D eigenvalue weighted by Gasteiger charge is -2.32. The Balaban J connectivity index is 1.65. The summed E-state index contributed by atoms with van der Waals surface area (Å²) in [6.07, 6.45) is 4.48. The number of carbonyl (C=O) groups is 2. The van der Waals surface area contributed by atoms with Crippen LogP contribution in [0.15, 0.2) is 36.4 Å². The van der Waals surface area contributed by atoms with Crippen LogP contribution in [0.5, 0.6) is 0 Å². The minimum absolute atomic E-state index is 0.0536. The molecule has 4 atom stereocenters. The lowest BCUT2D eigenvalue weighted by Crippen LogP contribution is -2.37. The number of benzene rings is 1. The summed E-state index contributed by atoms with van der Waals surface area (Å²) in [7, 11) is 0. The van der Waals surface area contributed by atoms with Crippen molar-refractivity contribution in [3.63, 3.8) is 0 Å². The monoisotopic (exact) mass is 357 g/mol. The van der Waals surface area contributed by atoms with Crippen molar-refractivity contribution in [2.45, 2.75) is 26.8 Å². The summed E-state index contributed by atoms with van der Waals surface area (Å²) in [6, 6.07) is 7.77. The van der Waals surface area contributed by atoms with E-state index < -0.39 is 5.97 Å². The molecule has 26 heavy (non-hydrogen) atoms. The fraction of sp³-hybridized carbons (Fsp3) is 0.524. The summed E-state index contributed by atoms with van der Waals surface area (Å²) in [4.78, 5) is 25.6. The predicted octanol–water partition coefficient (Wildman–Crippen LogP) is 2.75. The minimum Gasteiger partial charge on any atom is -0.481 e. The van der Waals surface area contributed by atoms with Gasteiger partial charge in [-0.3, -0.25) is 14.5 Å². The number of ether oxygens (including phenoxy) is 1. The maximum atomic E-state index is 12.4. The molecule has 1 aromatic carbocycles. The normalized spacial score (nSPS) is 27.9. The predicted molar refractivity (Wildman–Crippen MR) is 98.5 cm³/mol. The van der Waals surface area contributed by atoms with Crippen LogP contribution in [-0.4, -0.2) is 41.6 Å². The number of hydrogen-bond acceptors (Lipinski definition) is 4. The van der Waals surface area contributed by atoms with Crippen LogP contribution in [0.2, 0.25) is 0 Å². The van der Waals surface area contributed by atoms with Crippen LogP contribution in [0, 0.1) is 23.7 Å². The number of aliphatic carboxylic acids is 1. The third-order valence-electron chi connectivity index (χ3n) is 5.52. The van der Waals surface area contributed by atoms with Gasteiger partial charge in [-0.15, -0.1) is 0 Å². The number of rotatable bonds is 6. The van der Waals surface area contributed by atoms with Gasteiger partial charge in [0.05, 0.1) is 18.9 Å². The molecule has 140 valence electrons. The number of carboxylic acids is 1. The van der Waals surface area contributed by atoms with Gasteiger partial charge in [-0.25, -0.2) is 0 Å². The Morgan fingerprint density at radius 2 is 1.85 bits per heavy atom. The third kappa shape index (κ3) is 4.15. The molecule has 0 unspecified atom stereocenters. The van der Waals surface area contributed by atoms with Crippen molar-refractivity contribution >= 4 is 11.9 Å². The van der Waals surface area contributed by atoms with Gasteiger partial charge in [-0.2, -0.15) is 0 Å².